The second-order valence-electron chi connectivity index (χ2n) is 3.21. The van der Waals surface area contributed by atoms with Crippen LogP contribution in [0, 0.1) is 11.6 Å². The van der Waals surface area contributed by atoms with E-state index in [2.05, 4.69) is 0 Å². The molecule has 102 valence electrons. The van der Waals surface area contributed by atoms with Crippen LogP contribution in [0.2, 0.25) is 0 Å². The molecule has 0 heterocycles. The van der Waals surface area contributed by atoms with Crippen LogP contribution in [0.15, 0.2) is 17.0 Å². The summed E-state index contributed by atoms with van der Waals surface area (Å²) in [5, 5.41) is 0. The third-order valence-electron chi connectivity index (χ3n) is 1.93. The van der Waals surface area contributed by atoms with E-state index in [1.165, 1.54) is 6.92 Å². The first-order valence-corrected chi connectivity index (χ1v) is 8.47. The van der Waals surface area contributed by atoms with Crippen molar-refractivity contribution in [1.29, 1.82) is 0 Å². The van der Waals surface area contributed by atoms with E-state index in [1.807, 2.05) is 0 Å². The summed E-state index contributed by atoms with van der Waals surface area (Å²) in [6.45, 7) is 1.27. The SMILES string of the molecule is CCS(=O)(=O)Nc1c(F)cc(S(=O)(=O)Cl)cc1F. The molecule has 0 saturated heterocycles. The van der Waals surface area contributed by atoms with E-state index < -0.39 is 41.3 Å². The molecular formula is C8H8ClF2NO4S2. The molecule has 1 N–H and O–H groups in total. The van der Waals surface area contributed by atoms with Gasteiger partial charge in [0.25, 0.3) is 9.05 Å². The monoisotopic (exact) mass is 319 g/mol. The van der Waals surface area contributed by atoms with Crippen molar-refractivity contribution in [3.8, 4) is 0 Å². The summed E-state index contributed by atoms with van der Waals surface area (Å²) >= 11 is 0. The molecule has 0 radical (unpaired) electrons. The van der Waals surface area contributed by atoms with E-state index in [9.17, 15) is 25.6 Å². The maximum absolute atomic E-state index is 13.4. The summed E-state index contributed by atoms with van der Waals surface area (Å²) in [5.74, 6) is -3.13. The summed E-state index contributed by atoms with van der Waals surface area (Å²) in [4.78, 5) is -0.793. The zero-order chi connectivity index (χ0) is 14.1. The molecule has 18 heavy (non-hydrogen) atoms. The van der Waals surface area contributed by atoms with Gasteiger partial charge in [0.1, 0.15) is 5.69 Å². The van der Waals surface area contributed by atoms with Crippen LogP contribution in [-0.4, -0.2) is 22.6 Å². The number of anilines is 1. The van der Waals surface area contributed by atoms with Crippen molar-refractivity contribution in [1.82, 2.24) is 0 Å². The Morgan fingerprint density at radius 2 is 1.61 bits per heavy atom. The van der Waals surface area contributed by atoms with Crippen LogP contribution in [0.25, 0.3) is 0 Å². The van der Waals surface area contributed by atoms with Crippen molar-refractivity contribution in [3.63, 3.8) is 0 Å². The number of benzene rings is 1. The third-order valence-corrected chi connectivity index (χ3v) is 4.54. The first-order chi connectivity index (χ1) is 8.07. The van der Waals surface area contributed by atoms with Crippen molar-refractivity contribution in [2.24, 2.45) is 0 Å². The molecule has 1 aromatic carbocycles. The average molecular weight is 320 g/mol. The minimum absolute atomic E-state index is 0.387. The van der Waals surface area contributed by atoms with E-state index in [0.29, 0.717) is 12.1 Å². The smallest absolute Gasteiger partial charge is 0.261 e. The van der Waals surface area contributed by atoms with Gasteiger partial charge in [-0.1, -0.05) is 0 Å². The van der Waals surface area contributed by atoms with Crippen LogP contribution in [0.3, 0.4) is 0 Å². The molecule has 0 spiro atoms. The highest BCUT2D eigenvalue weighted by Gasteiger charge is 2.20. The van der Waals surface area contributed by atoms with Gasteiger partial charge >= 0.3 is 0 Å². The first-order valence-electron chi connectivity index (χ1n) is 4.51. The normalized spacial score (nSPS) is 12.4. The van der Waals surface area contributed by atoms with Crippen LogP contribution in [0.1, 0.15) is 6.92 Å². The quantitative estimate of drug-likeness (QED) is 0.856. The summed E-state index contributed by atoms with van der Waals surface area (Å²) in [7, 11) is -3.26. The Kier molecular flexibility index (Phi) is 4.19. The maximum atomic E-state index is 13.4. The average Bonchev–Trinajstić information content (AvgIpc) is 2.22. The number of rotatable bonds is 4. The predicted octanol–water partition coefficient (Wildman–Crippen LogP) is 1.65. The highest BCUT2D eigenvalue weighted by atomic mass is 35.7. The minimum atomic E-state index is -4.30. The molecule has 0 fully saturated rings. The van der Waals surface area contributed by atoms with Gasteiger partial charge in [0.15, 0.2) is 11.6 Å². The molecule has 5 nitrogen and oxygen atoms in total. The van der Waals surface area contributed by atoms with Gasteiger partial charge in [-0.2, -0.15) is 0 Å². The van der Waals surface area contributed by atoms with Gasteiger partial charge in [-0.25, -0.2) is 25.6 Å². The number of hydrogen-bond donors (Lipinski definition) is 1. The van der Waals surface area contributed by atoms with E-state index in [-0.39, 0.29) is 5.75 Å². The molecular weight excluding hydrogens is 312 g/mol. The number of hydrogen-bond acceptors (Lipinski definition) is 4. The summed E-state index contributed by atoms with van der Waals surface area (Å²) in [6.07, 6.45) is 0. The maximum Gasteiger partial charge on any atom is 0.261 e. The number of sulfonamides is 1. The van der Waals surface area contributed by atoms with Crippen LogP contribution < -0.4 is 4.72 Å². The second-order valence-corrected chi connectivity index (χ2v) is 7.78. The van der Waals surface area contributed by atoms with Gasteiger partial charge in [-0.15, -0.1) is 0 Å². The standard InChI is InChI=1S/C8H8ClF2NO4S2/c1-2-17(13,14)12-8-6(10)3-5(4-7(8)11)18(9,15)16/h3-4,12H,2H2,1H3. The highest BCUT2D eigenvalue weighted by Crippen LogP contribution is 2.25. The van der Waals surface area contributed by atoms with Crippen molar-refractivity contribution >= 4 is 35.4 Å². The van der Waals surface area contributed by atoms with Gasteiger partial charge in [-0.3, -0.25) is 4.72 Å². The van der Waals surface area contributed by atoms with Crippen molar-refractivity contribution in [2.75, 3.05) is 10.5 Å². The van der Waals surface area contributed by atoms with Gasteiger partial charge < -0.3 is 0 Å². The summed E-state index contributed by atoms with van der Waals surface area (Å²) < 4.78 is 72.6. The van der Waals surface area contributed by atoms with Crippen molar-refractivity contribution in [3.05, 3.63) is 23.8 Å². The molecule has 0 aromatic heterocycles. The lowest BCUT2D eigenvalue weighted by Crippen LogP contribution is -2.17. The second kappa shape index (κ2) is 4.98. The van der Waals surface area contributed by atoms with E-state index in [4.69, 9.17) is 10.7 Å². The molecule has 0 atom stereocenters. The molecule has 0 amide bonds. The van der Waals surface area contributed by atoms with Gasteiger partial charge in [0, 0.05) is 10.7 Å². The van der Waals surface area contributed by atoms with E-state index >= 15 is 0 Å². The zero-order valence-electron chi connectivity index (χ0n) is 8.95. The Morgan fingerprint density at radius 1 is 1.17 bits per heavy atom. The predicted molar refractivity (Wildman–Crippen MR) is 62.5 cm³/mol. The van der Waals surface area contributed by atoms with Gasteiger partial charge in [-0.05, 0) is 19.1 Å². The lowest BCUT2D eigenvalue weighted by molar-refractivity contribution is 0.573. The fourth-order valence-corrected chi connectivity index (χ4v) is 2.42. The molecule has 0 aliphatic carbocycles. The van der Waals surface area contributed by atoms with Crippen molar-refractivity contribution < 1.29 is 25.6 Å². The van der Waals surface area contributed by atoms with Gasteiger partial charge in [0.2, 0.25) is 10.0 Å². The lowest BCUT2D eigenvalue weighted by Gasteiger charge is -2.09. The molecule has 0 unspecified atom stereocenters. The first kappa shape index (κ1) is 15.1. The molecule has 1 aromatic rings. The fraction of sp³-hybridized carbons (Fsp3) is 0.250. The Hall–Kier alpha value is -0.930. The molecule has 10 heteroatoms. The van der Waals surface area contributed by atoms with Crippen LogP contribution in [-0.2, 0) is 19.1 Å². The van der Waals surface area contributed by atoms with Crippen LogP contribution in [0.5, 0.6) is 0 Å². The Labute approximate surface area is 107 Å². The molecule has 1 rings (SSSR count). The largest absolute Gasteiger partial charge is 0.278 e. The number of nitrogens with one attached hydrogen (secondary N) is 1. The third kappa shape index (κ3) is 3.53. The Bertz CT molecular complexity index is 649. The van der Waals surface area contributed by atoms with Crippen molar-refractivity contribution in [2.45, 2.75) is 11.8 Å². The topological polar surface area (TPSA) is 80.3 Å². The Balaban J connectivity index is 3.35. The lowest BCUT2D eigenvalue weighted by atomic mass is 10.3. The highest BCUT2D eigenvalue weighted by molar-refractivity contribution is 8.13. The van der Waals surface area contributed by atoms with E-state index in [0.717, 1.165) is 0 Å². The van der Waals surface area contributed by atoms with E-state index in [1.54, 1.807) is 4.72 Å². The summed E-state index contributed by atoms with van der Waals surface area (Å²) in [6, 6.07) is 0.859. The van der Waals surface area contributed by atoms with Crippen LogP contribution >= 0.6 is 10.7 Å². The molecule has 0 bridgehead atoms. The number of halogens is 3. The zero-order valence-corrected chi connectivity index (χ0v) is 11.3. The summed E-state index contributed by atoms with van der Waals surface area (Å²) in [5.41, 5.74) is -0.944. The van der Waals surface area contributed by atoms with Crippen LogP contribution in [0.4, 0.5) is 14.5 Å². The molecule has 0 aliphatic heterocycles. The molecule has 0 aliphatic rings. The Morgan fingerprint density at radius 3 is 1.94 bits per heavy atom. The molecule has 0 saturated carbocycles. The minimum Gasteiger partial charge on any atom is -0.278 e. The fourth-order valence-electron chi connectivity index (χ4n) is 1.02. The van der Waals surface area contributed by atoms with Gasteiger partial charge in [0.05, 0.1) is 10.6 Å².